The van der Waals surface area contributed by atoms with E-state index in [0.717, 1.165) is 21.3 Å². The number of aryl methyl sites for hydroxylation is 2. The van der Waals surface area contributed by atoms with Crippen molar-refractivity contribution in [3.8, 4) is 0 Å². The first-order valence-electron chi connectivity index (χ1n) is 8.38. The predicted molar refractivity (Wildman–Crippen MR) is 99.5 cm³/mol. The van der Waals surface area contributed by atoms with Crippen molar-refractivity contribution < 1.29 is 19.4 Å². The van der Waals surface area contributed by atoms with Crippen molar-refractivity contribution in [2.24, 2.45) is 5.92 Å². The Balaban J connectivity index is 2.12. The van der Waals surface area contributed by atoms with Crippen molar-refractivity contribution >= 4 is 33.6 Å². The van der Waals surface area contributed by atoms with E-state index < -0.39 is 18.2 Å². The summed E-state index contributed by atoms with van der Waals surface area (Å²) in [6.45, 7) is 8.08. The Kier molecular flexibility index (Phi) is 6.46. The summed E-state index contributed by atoms with van der Waals surface area (Å²) in [6, 6.07) is 3.10. The quantitative estimate of drug-likeness (QED) is 0.795. The van der Waals surface area contributed by atoms with Crippen LogP contribution in [0, 0.1) is 19.8 Å². The lowest BCUT2D eigenvalue weighted by Gasteiger charge is -2.24. The standard InChI is InChI=1S/C18H25BrN2O4/c1-10(2)9-25-18(24)21-8-14(22)7-15(21)17(23)20-16-11(3)5-13(19)6-12(16)4/h5-6,10,14-15,22H,7-9H2,1-4H3,(H,20,23)/t14-,15-/m1/s1. The van der Waals surface area contributed by atoms with Crippen LogP contribution in [0.5, 0.6) is 0 Å². The predicted octanol–water partition coefficient (Wildman–Crippen LogP) is 3.23. The van der Waals surface area contributed by atoms with Gasteiger partial charge in [-0.05, 0) is 43.0 Å². The van der Waals surface area contributed by atoms with Crippen molar-refractivity contribution in [2.75, 3.05) is 18.5 Å². The number of halogens is 1. The summed E-state index contributed by atoms with van der Waals surface area (Å²) in [4.78, 5) is 26.3. The second kappa shape index (κ2) is 8.19. The average Bonchev–Trinajstić information content (AvgIpc) is 2.90. The summed E-state index contributed by atoms with van der Waals surface area (Å²) in [6.07, 6.45) is -1.08. The molecule has 0 bridgehead atoms. The van der Waals surface area contributed by atoms with Crippen LogP contribution in [-0.2, 0) is 9.53 Å². The van der Waals surface area contributed by atoms with Gasteiger partial charge in [0, 0.05) is 16.6 Å². The molecule has 2 atom stereocenters. The maximum Gasteiger partial charge on any atom is 0.410 e. The van der Waals surface area contributed by atoms with E-state index in [1.807, 2.05) is 39.8 Å². The zero-order valence-corrected chi connectivity index (χ0v) is 16.6. The van der Waals surface area contributed by atoms with Crippen LogP contribution in [0.3, 0.4) is 0 Å². The molecule has 1 saturated heterocycles. The molecule has 7 heteroatoms. The van der Waals surface area contributed by atoms with Gasteiger partial charge in [0.25, 0.3) is 0 Å². The highest BCUT2D eigenvalue weighted by molar-refractivity contribution is 9.10. The fourth-order valence-corrected chi connectivity index (χ4v) is 3.59. The number of carbonyl (C=O) groups excluding carboxylic acids is 2. The molecule has 0 unspecified atom stereocenters. The molecular weight excluding hydrogens is 388 g/mol. The van der Waals surface area contributed by atoms with Crippen molar-refractivity contribution in [1.82, 2.24) is 4.90 Å². The molecule has 0 aliphatic carbocycles. The first-order valence-corrected chi connectivity index (χ1v) is 9.17. The van der Waals surface area contributed by atoms with Crippen LogP contribution in [-0.4, -0.2) is 47.3 Å². The maximum atomic E-state index is 12.7. The first kappa shape index (κ1) is 19.7. The number of rotatable bonds is 4. The molecule has 6 nitrogen and oxygen atoms in total. The molecule has 0 aromatic heterocycles. The third-order valence-electron chi connectivity index (χ3n) is 4.10. The molecule has 1 aliphatic heterocycles. The number of nitrogens with zero attached hydrogens (tertiary/aromatic N) is 1. The van der Waals surface area contributed by atoms with E-state index in [4.69, 9.17) is 4.74 Å². The van der Waals surface area contributed by atoms with Gasteiger partial charge in [-0.1, -0.05) is 29.8 Å². The Morgan fingerprint density at radius 3 is 2.52 bits per heavy atom. The van der Waals surface area contributed by atoms with Crippen LogP contribution in [0.2, 0.25) is 0 Å². The van der Waals surface area contributed by atoms with Gasteiger partial charge >= 0.3 is 6.09 Å². The van der Waals surface area contributed by atoms with Crippen molar-refractivity contribution in [3.63, 3.8) is 0 Å². The topological polar surface area (TPSA) is 78.9 Å². The van der Waals surface area contributed by atoms with Crippen molar-refractivity contribution in [2.45, 2.75) is 46.3 Å². The number of benzene rings is 1. The van der Waals surface area contributed by atoms with Crippen LogP contribution >= 0.6 is 15.9 Å². The second-order valence-corrected chi connectivity index (χ2v) is 7.85. The number of aliphatic hydroxyl groups is 1. The van der Waals surface area contributed by atoms with E-state index >= 15 is 0 Å². The molecule has 1 aromatic rings. The Hall–Kier alpha value is -1.60. The molecule has 0 spiro atoms. The number of likely N-dealkylation sites (tertiary alicyclic amines) is 1. The lowest BCUT2D eigenvalue weighted by molar-refractivity contribution is -0.120. The van der Waals surface area contributed by atoms with Gasteiger partial charge in [0.15, 0.2) is 0 Å². The molecule has 138 valence electrons. The SMILES string of the molecule is Cc1cc(Br)cc(C)c1NC(=O)[C@H]1C[C@@H](O)CN1C(=O)OCC(C)C. The number of hydrogen-bond acceptors (Lipinski definition) is 4. The summed E-state index contributed by atoms with van der Waals surface area (Å²) in [7, 11) is 0. The lowest BCUT2D eigenvalue weighted by Crippen LogP contribution is -2.44. The third kappa shape index (κ3) is 4.95. The largest absolute Gasteiger partial charge is 0.449 e. The Bertz CT molecular complexity index is 639. The molecule has 25 heavy (non-hydrogen) atoms. The van der Waals surface area contributed by atoms with Gasteiger partial charge in [0.1, 0.15) is 6.04 Å². The van der Waals surface area contributed by atoms with Crippen LogP contribution in [0.25, 0.3) is 0 Å². The number of carbonyl (C=O) groups is 2. The fraction of sp³-hybridized carbons (Fsp3) is 0.556. The van der Waals surface area contributed by atoms with E-state index in [9.17, 15) is 14.7 Å². The van der Waals surface area contributed by atoms with Gasteiger partial charge in [-0.25, -0.2) is 4.79 Å². The number of amides is 2. The summed E-state index contributed by atoms with van der Waals surface area (Å²) in [5.41, 5.74) is 2.57. The normalized spacial score (nSPS) is 20.0. The first-order chi connectivity index (χ1) is 11.7. The Morgan fingerprint density at radius 2 is 1.96 bits per heavy atom. The minimum Gasteiger partial charge on any atom is -0.449 e. The Labute approximate surface area is 156 Å². The average molecular weight is 413 g/mol. The van der Waals surface area contributed by atoms with Crippen LogP contribution in [0.1, 0.15) is 31.4 Å². The van der Waals surface area contributed by atoms with Crippen molar-refractivity contribution in [1.29, 1.82) is 0 Å². The van der Waals surface area contributed by atoms with Crippen LogP contribution in [0.4, 0.5) is 10.5 Å². The summed E-state index contributed by atoms with van der Waals surface area (Å²) in [5.74, 6) is -0.108. The van der Waals surface area contributed by atoms with Crippen LogP contribution in [0.15, 0.2) is 16.6 Å². The van der Waals surface area contributed by atoms with E-state index in [2.05, 4.69) is 21.2 Å². The monoisotopic (exact) mass is 412 g/mol. The van der Waals surface area contributed by atoms with E-state index in [1.54, 1.807) is 0 Å². The number of nitrogens with one attached hydrogen (secondary N) is 1. The fourth-order valence-electron chi connectivity index (χ4n) is 2.90. The zero-order valence-electron chi connectivity index (χ0n) is 15.0. The number of hydrogen-bond donors (Lipinski definition) is 2. The minimum absolute atomic E-state index is 0.104. The van der Waals surface area contributed by atoms with Crippen molar-refractivity contribution in [3.05, 3.63) is 27.7 Å². The smallest absolute Gasteiger partial charge is 0.410 e. The van der Waals surface area contributed by atoms with E-state index in [1.165, 1.54) is 4.90 Å². The van der Waals surface area contributed by atoms with Gasteiger partial charge < -0.3 is 15.2 Å². The third-order valence-corrected chi connectivity index (χ3v) is 4.56. The number of β-amino-alcohol motifs (C(OH)–C–C–N with tert-alkyl or cyclic N) is 1. The minimum atomic E-state index is -0.739. The van der Waals surface area contributed by atoms with Crippen LogP contribution < -0.4 is 5.32 Å². The maximum absolute atomic E-state index is 12.7. The molecular formula is C18H25BrN2O4. The molecule has 0 radical (unpaired) electrons. The molecule has 1 aliphatic rings. The molecule has 1 heterocycles. The second-order valence-electron chi connectivity index (χ2n) is 6.93. The van der Waals surface area contributed by atoms with Gasteiger partial charge in [-0.15, -0.1) is 0 Å². The Morgan fingerprint density at radius 1 is 1.36 bits per heavy atom. The molecule has 2 amide bonds. The summed E-state index contributed by atoms with van der Waals surface area (Å²) < 4.78 is 6.16. The molecule has 0 saturated carbocycles. The summed E-state index contributed by atoms with van der Waals surface area (Å²) >= 11 is 3.43. The highest BCUT2D eigenvalue weighted by atomic mass is 79.9. The highest BCUT2D eigenvalue weighted by Gasteiger charge is 2.40. The highest BCUT2D eigenvalue weighted by Crippen LogP contribution is 2.27. The molecule has 2 N–H and O–H groups in total. The van der Waals surface area contributed by atoms with Gasteiger partial charge in [-0.3, -0.25) is 9.69 Å². The zero-order chi connectivity index (χ0) is 18.7. The van der Waals surface area contributed by atoms with Gasteiger partial charge in [0.05, 0.1) is 19.3 Å². The number of aliphatic hydroxyl groups excluding tert-OH is 1. The van der Waals surface area contributed by atoms with E-state index in [0.29, 0.717) is 0 Å². The van der Waals surface area contributed by atoms with Gasteiger partial charge in [0.2, 0.25) is 5.91 Å². The molecule has 1 fully saturated rings. The molecule has 2 rings (SSSR count). The van der Waals surface area contributed by atoms with Gasteiger partial charge in [-0.2, -0.15) is 0 Å². The number of anilines is 1. The number of ether oxygens (including phenoxy) is 1. The van der Waals surface area contributed by atoms with E-state index in [-0.39, 0.29) is 31.4 Å². The lowest BCUT2D eigenvalue weighted by atomic mass is 10.1. The molecule has 1 aromatic carbocycles. The summed E-state index contributed by atoms with van der Waals surface area (Å²) in [5, 5.41) is 12.8.